The molecule has 1 fully saturated rings. The van der Waals surface area contributed by atoms with Crippen molar-refractivity contribution in [3.63, 3.8) is 0 Å². The molecule has 1 aliphatic rings. The van der Waals surface area contributed by atoms with E-state index in [4.69, 9.17) is 0 Å². The second kappa shape index (κ2) is 5.31. The summed E-state index contributed by atoms with van der Waals surface area (Å²) in [6.07, 6.45) is 10.4. The molecular formula is C12H21N3. The van der Waals surface area contributed by atoms with Crippen LogP contribution in [0.1, 0.15) is 38.4 Å². The minimum atomic E-state index is 1.04. The van der Waals surface area contributed by atoms with E-state index < -0.39 is 0 Å². The van der Waals surface area contributed by atoms with E-state index in [0.717, 1.165) is 13.1 Å². The molecule has 0 radical (unpaired) electrons. The monoisotopic (exact) mass is 207 g/mol. The Hall–Kier alpha value is -0.830. The van der Waals surface area contributed by atoms with E-state index in [0.29, 0.717) is 0 Å². The standard InChI is InChI=1S/C12H21N3/c1-2-6-12-13-7-10-15(12)11-14-8-4-3-5-9-14/h7,10H,2-6,8-9,11H2,1H3. The molecule has 1 aromatic rings. The third kappa shape index (κ3) is 2.81. The average Bonchev–Trinajstić information content (AvgIpc) is 2.68. The molecule has 2 rings (SSSR count). The molecule has 3 nitrogen and oxygen atoms in total. The first kappa shape index (κ1) is 10.7. The smallest absolute Gasteiger partial charge is 0.109 e. The lowest BCUT2D eigenvalue weighted by Crippen LogP contribution is -2.32. The Labute approximate surface area is 92.1 Å². The molecular weight excluding hydrogens is 186 g/mol. The molecule has 84 valence electrons. The van der Waals surface area contributed by atoms with Gasteiger partial charge in [-0.2, -0.15) is 0 Å². The molecule has 1 aliphatic heterocycles. The summed E-state index contributed by atoms with van der Waals surface area (Å²) in [5, 5.41) is 0. The Kier molecular flexibility index (Phi) is 3.78. The van der Waals surface area contributed by atoms with Crippen LogP contribution in [0.4, 0.5) is 0 Å². The molecule has 0 saturated carbocycles. The molecule has 0 unspecified atom stereocenters. The van der Waals surface area contributed by atoms with Crippen LogP contribution in [-0.2, 0) is 13.1 Å². The van der Waals surface area contributed by atoms with Crippen molar-refractivity contribution < 1.29 is 0 Å². The molecule has 3 heteroatoms. The number of imidazole rings is 1. The van der Waals surface area contributed by atoms with Gasteiger partial charge in [0.15, 0.2) is 0 Å². The highest BCUT2D eigenvalue weighted by Gasteiger charge is 2.11. The first-order valence-electron chi connectivity index (χ1n) is 6.12. The van der Waals surface area contributed by atoms with Gasteiger partial charge in [-0.25, -0.2) is 4.98 Å². The van der Waals surface area contributed by atoms with Gasteiger partial charge in [-0.15, -0.1) is 0 Å². The summed E-state index contributed by atoms with van der Waals surface area (Å²) >= 11 is 0. The van der Waals surface area contributed by atoms with Crippen molar-refractivity contribution in [3.8, 4) is 0 Å². The van der Waals surface area contributed by atoms with Gasteiger partial charge in [-0.1, -0.05) is 13.3 Å². The normalized spacial score (nSPS) is 18.2. The minimum absolute atomic E-state index is 1.04. The lowest BCUT2D eigenvalue weighted by Gasteiger charge is -2.27. The number of nitrogens with zero attached hydrogens (tertiary/aromatic N) is 3. The summed E-state index contributed by atoms with van der Waals surface area (Å²) in [5.74, 6) is 1.24. The van der Waals surface area contributed by atoms with Gasteiger partial charge in [0.05, 0.1) is 6.67 Å². The van der Waals surface area contributed by atoms with E-state index in [-0.39, 0.29) is 0 Å². The van der Waals surface area contributed by atoms with Crippen LogP contribution in [0.15, 0.2) is 12.4 Å². The quantitative estimate of drug-likeness (QED) is 0.755. The summed E-state index contributed by atoms with van der Waals surface area (Å²) in [6, 6.07) is 0. The van der Waals surface area contributed by atoms with Gasteiger partial charge in [0.2, 0.25) is 0 Å². The zero-order valence-electron chi connectivity index (χ0n) is 9.65. The van der Waals surface area contributed by atoms with Gasteiger partial charge in [-0.3, -0.25) is 4.90 Å². The maximum absolute atomic E-state index is 4.41. The van der Waals surface area contributed by atoms with Crippen LogP contribution in [0.25, 0.3) is 0 Å². The predicted molar refractivity (Wildman–Crippen MR) is 61.6 cm³/mol. The zero-order valence-corrected chi connectivity index (χ0v) is 9.65. The molecule has 0 aromatic carbocycles. The van der Waals surface area contributed by atoms with Crippen molar-refractivity contribution in [2.45, 2.75) is 45.7 Å². The molecule has 0 atom stereocenters. The summed E-state index contributed by atoms with van der Waals surface area (Å²) in [6.45, 7) is 5.75. The minimum Gasteiger partial charge on any atom is -0.321 e. The molecule has 0 spiro atoms. The van der Waals surface area contributed by atoms with Crippen molar-refractivity contribution in [2.24, 2.45) is 0 Å². The van der Waals surface area contributed by atoms with Crippen LogP contribution < -0.4 is 0 Å². The molecule has 1 saturated heterocycles. The molecule has 0 amide bonds. The number of piperidine rings is 1. The first-order chi connectivity index (χ1) is 7.40. The van der Waals surface area contributed by atoms with E-state index in [1.165, 1.54) is 44.6 Å². The van der Waals surface area contributed by atoms with Crippen molar-refractivity contribution >= 4 is 0 Å². The molecule has 2 heterocycles. The Balaban J connectivity index is 1.93. The predicted octanol–water partition coefficient (Wildman–Crippen LogP) is 2.28. The number of aromatic nitrogens is 2. The van der Waals surface area contributed by atoms with Crippen LogP contribution in [0.2, 0.25) is 0 Å². The van der Waals surface area contributed by atoms with Crippen molar-refractivity contribution in [1.82, 2.24) is 14.5 Å². The van der Waals surface area contributed by atoms with Crippen LogP contribution >= 0.6 is 0 Å². The van der Waals surface area contributed by atoms with Crippen LogP contribution in [0.5, 0.6) is 0 Å². The number of aryl methyl sites for hydroxylation is 1. The first-order valence-corrected chi connectivity index (χ1v) is 6.12. The highest BCUT2D eigenvalue weighted by Crippen LogP contribution is 2.11. The number of hydrogen-bond acceptors (Lipinski definition) is 2. The second-order valence-electron chi connectivity index (χ2n) is 4.38. The highest BCUT2D eigenvalue weighted by atomic mass is 15.3. The number of rotatable bonds is 4. The highest BCUT2D eigenvalue weighted by molar-refractivity contribution is 4.92. The van der Waals surface area contributed by atoms with Gasteiger partial charge in [0, 0.05) is 18.8 Å². The number of likely N-dealkylation sites (tertiary alicyclic amines) is 1. The van der Waals surface area contributed by atoms with Crippen molar-refractivity contribution in [1.29, 1.82) is 0 Å². The Bertz CT molecular complexity index is 287. The maximum Gasteiger partial charge on any atom is 0.109 e. The largest absolute Gasteiger partial charge is 0.321 e. The van der Waals surface area contributed by atoms with Crippen LogP contribution in [0.3, 0.4) is 0 Å². The number of hydrogen-bond donors (Lipinski definition) is 0. The Morgan fingerprint density at radius 1 is 1.27 bits per heavy atom. The lowest BCUT2D eigenvalue weighted by molar-refractivity contribution is 0.180. The summed E-state index contributed by atoms with van der Waals surface area (Å²) in [5.41, 5.74) is 0. The molecule has 0 N–H and O–H groups in total. The Morgan fingerprint density at radius 2 is 2.07 bits per heavy atom. The summed E-state index contributed by atoms with van der Waals surface area (Å²) < 4.78 is 2.30. The lowest BCUT2D eigenvalue weighted by atomic mass is 10.1. The maximum atomic E-state index is 4.41. The van der Waals surface area contributed by atoms with Gasteiger partial charge < -0.3 is 4.57 Å². The van der Waals surface area contributed by atoms with E-state index >= 15 is 0 Å². The third-order valence-corrected chi connectivity index (χ3v) is 3.08. The third-order valence-electron chi connectivity index (χ3n) is 3.08. The van der Waals surface area contributed by atoms with Crippen LogP contribution in [0, 0.1) is 0 Å². The SMILES string of the molecule is CCCc1nccn1CN1CCCCC1. The molecule has 15 heavy (non-hydrogen) atoms. The fraction of sp³-hybridized carbons (Fsp3) is 0.750. The molecule has 0 bridgehead atoms. The van der Waals surface area contributed by atoms with Gasteiger partial charge >= 0.3 is 0 Å². The molecule has 1 aromatic heterocycles. The van der Waals surface area contributed by atoms with E-state index in [1.54, 1.807) is 0 Å². The topological polar surface area (TPSA) is 21.1 Å². The van der Waals surface area contributed by atoms with Crippen molar-refractivity contribution in [2.75, 3.05) is 13.1 Å². The van der Waals surface area contributed by atoms with Gasteiger partial charge in [-0.05, 0) is 32.4 Å². The van der Waals surface area contributed by atoms with Crippen molar-refractivity contribution in [3.05, 3.63) is 18.2 Å². The average molecular weight is 207 g/mol. The van der Waals surface area contributed by atoms with Crippen LogP contribution in [-0.4, -0.2) is 27.5 Å². The fourth-order valence-corrected chi connectivity index (χ4v) is 2.24. The van der Waals surface area contributed by atoms with E-state index in [9.17, 15) is 0 Å². The second-order valence-corrected chi connectivity index (χ2v) is 4.38. The Morgan fingerprint density at radius 3 is 2.80 bits per heavy atom. The van der Waals surface area contributed by atoms with Gasteiger partial charge in [0.1, 0.15) is 5.82 Å². The van der Waals surface area contributed by atoms with Gasteiger partial charge in [0.25, 0.3) is 0 Å². The van der Waals surface area contributed by atoms with E-state index in [2.05, 4.69) is 27.6 Å². The molecule has 0 aliphatic carbocycles. The fourth-order valence-electron chi connectivity index (χ4n) is 2.24. The zero-order chi connectivity index (χ0) is 10.5. The van der Waals surface area contributed by atoms with E-state index in [1.807, 2.05) is 6.20 Å². The summed E-state index contributed by atoms with van der Waals surface area (Å²) in [4.78, 5) is 6.94. The summed E-state index contributed by atoms with van der Waals surface area (Å²) in [7, 11) is 0.